The van der Waals surface area contributed by atoms with Gasteiger partial charge in [-0.15, -0.1) is 0 Å². The molecule has 0 bridgehead atoms. The molecule has 0 fully saturated rings. The monoisotopic (exact) mass is 394 g/mol. The van der Waals surface area contributed by atoms with E-state index in [0.29, 0.717) is 35.1 Å². The van der Waals surface area contributed by atoms with Crippen LogP contribution in [0, 0.1) is 0 Å². The Kier molecular flexibility index (Phi) is 5.03. The quantitative estimate of drug-likeness (QED) is 0.679. The molecule has 2 heterocycles. The number of hydrogen-bond acceptors (Lipinski definition) is 6. The highest BCUT2D eigenvalue weighted by Crippen LogP contribution is 2.45. The van der Waals surface area contributed by atoms with E-state index in [1.165, 1.54) is 0 Å². The first kappa shape index (κ1) is 18.7. The summed E-state index contributed by atoms with van der Waals surface area (Å²) in [7, 11) is 4.69. The summed E-state index contributed by atoms with van der Waals surface area (Å²) in [5.41, 5.74) is 2.12. The maximum absolute atomic E-state index is 13.4. The van der Waals surface area contributed by atoms with Gasteiger partial charge in [-0.25, -0.2) is 0 Å². The molecule has 1 amide bonds. The molecule has 3 aromatic rings. The molecule has 1 aliphatic rings. The van der Waals surface area contributed by atoms with Gasteiger partial charge in [0.1, 0.15) is 11.9 Å². The van der Waals surface area contributed by atoms with E-state index in [0.717, 1.165) is 11.3 Å². The molecule has 0 saturated heterocycles. The number of nitrogens with one attached hydrogen (secondary N) is 1. The summed E-state index contributed by atoms with van der Waals surface area (Å²) in [5.74, 6) is 2.11. The fourth-order valence-corrected chi connectivity index (χ4v) is 3.61. The van der Waals surface area contributed by atoms with E-state index in [1.807, 2.05) is 36.4 Å². The summed E-state index contributed by atoms with van der Waals surface area (Å²) in [6.45, 7) is 0.301. The fourth-order valence-electron chi connectivity index (χ4n) is 3.61. The minimum Gasteiger partial charge on any atom is -0.493 e. The van der Waals surface area contributed by atoms with Gasteiger partial charge in [-0.05, 0) is 36.4 Å². The highest BCUT2D eigenvalue weighted by atomic mass is 16.5. The second-order valence-electron chi connectivity index (χ2n) is 6.53. The van der Waals surface area contributed by atoms with Gasteiger partial charge in [0.05, 0.1) is 39.7 Å². The number of amides is 1. The first-order valence-corrected chi connectivity index (χ1v) is 9.15. The number of carbonyl (C=O) groups excluding carboxylic acids is 1. The Labute approximate surface area is 168 Å². The van der Waals surface area contributed by atoms with Gasteiger partial charge < -0.3 is 28.8 Å². The van der Waals surface area contributed by atoms with Crippen molar-refractivity contribution in [2.24, 2.45) is 0 Å². The molecule has 1 unspecified atom stereocenters. The number of carbonyl (C=O) groups is 1. The molecular weight excluding hydrogens is 372 g/mol. The van der Waals surface area contributed by atoms with E-state index < -0.39 is 6.17 Å². The Bertz CT molecular complexity index is 1020. The maximum atomic E-state index is 13.4. The van der Waals surface area contributed by atoms with Crippen molar-refractivity contribution in [1.29, 1.82) is 0 Å². The predicted molar refractivity (Wildman–Crippen MR) is 107 cm³/mol. The lowest BCUT2D eigenvalue weighted by molar-refractivity contribution is 0.0649. The van der Waals surface area contributed by atoms with Crippen molar-refractivity contribution in [3.8, 4) is 17.2 Å². The van der Waals surface area contributed by atoms with Crippen LogP contribution < -0.4 is 19.5 Å². The van der Waals surface area contributed by atoms with Crippen LogP contribution in [0.3, 0.4) is 0 Å². The van der Waals surface area contributed by atoms with Crippen LogP contribution >= 0.6 is 0 Å². The average Bonchev–Trinajstić information content (AvgIpc) is 3.27. The Hall–Kier alpha value is -3.61. The maximum Gasteiger partial charge on any atom is 0.258 e. The van der Waals surface area contributed by atoms with E-state index in [2.05, 4.69) is 5.32 Å². The summed E-state index contributed by atoms with van der Waals surface area (Å²) < 4.78 is 22.1. The first-order chi connectivity index (χ1) is 14.2. The summed E-state index contributed by atoms with van der Waals surface area (Å²) >= 11 is 0. The standard InChI is InChI=1S/C22H22N2O5/c1-26-18-11-10-16(19(27-2)20(18)28-3)21-23-17-9-5-4-8-15(17)22(25)24(21)13-14-7-6-12-29-14/h4-12,21,23H,13H2,1-3H3. The predicted octanol–water partition coefficient (Wildman–Crippen LogP) is 4.07. The molecule has 0 radical (unpaired) electrons. The number of para-hydroxylation sites is 1. The van der Waals surface area contributed by atoms with Gasteiger partial charge in [-0.3, -0.25) is 4.79 Å². The summed E-state index contributed by atoms with van der Waals surface area (Å²) in [6, 6.07) is 14.8. The first-order valence-electron chi connectivity index (χ1n) is 9.15. The molecule has 0 spiro atoms. The van der Waals surface area contributed by atoms with E-state index in [4.69, 9.17) is 18.6 Å². The Morgan fingerprint density at radius 2 is 1.76 bits per heavy atom. The molecule has 150 valence electrons. The molecule has 0 saturated carbocycles. The number of ether oxygens (including phenoxy) is 3. The summed E-state index contributed by atoms with van der Waals surface area (Å²) in [5, 5.41) is 3.46. The van der Waals surface area contributed by atoms with Crippen molar-refractivity contribution in [3.05, 3.63) is 71.7 Å². The molecular formula is C22H22N2O5. The summed E-state index contributed by atoms with van der Waals surface area (Å²) in [6.07, 6.45) is 1.11. The van der Waals surface area contributed by atoms with Crippen LogP contribution in [0.1, 0.15) is 27.8 Å². The van der Waals surface area contributed by atoms with Crippen molar-refractivity contribution >= 4 is 11.6 Å². The van der Waals surface area contributed by atoms with Gasteiger partial charge in [0.2, 0.25) is 5.75 Å². The number of rotatable bonds is 6. The highest BCUT2D eigenvalue weighted by molar-refractivity contribution is 6.01. The molecule has 1 N–H and O–H groups in total. The van der Waals surface area contributed by atoms with Crippen LogP contribution in [-0.2, 0) is 6.54 Å². The van der Waals surface area contributed by atoms with E-state index in [9.17, 15) is 4.79 Å². The lowest BCUT2D eigenvalue weighted by atomic mass is 10.0. The Balaban J connectivity index is 1.84. The van der Waals surface area contributed by atoms with E-state index in [-0.39, 0.29) is 5.91 Å². The number of hydrogen-bond donors (Lipinski definition) is 1. The lowest BCUT2D eigenvalue weighted by Crippen LogP contribution is -2.42. The second-order valence-corrected chi connectivity index (χ2v) is 6.53. The van der Waals surface area contributed by atoms with Crippen molar-refractivity contribution in [2.75, 3.05) is 26.6 Å². The van der Waals surface area contributed by atoms with Crippen molar-refractivity contribution in [1.82, 2.24) is 4.90 Å². The molecule has 1 atom stereocenters. The third kappa shape index (κ3) is 3.24. The van der Waals surface area contributed by atoms with E-state index in [1.54, 1.807) is 44.6 Å². The zero-order valence-corrected chi connectivity index (χ0v) is 16.5. The number of anilines is 1. The van der Waals surface area contributed by atoms with Gasteiger partial charge in [-0.2, -0.15) is 0 Å². The number of furan rings is 1. The smallest absolute Gasteiger partial charge is 0.258 e. The zero-order valence-electron chi connectivity index (χ0n) is 16.5. The molecule has 0 aliphatic carbocycles. The van der Waals surface area contributed by atoms with Crippen LogP contribution in [-0.4, -0.2) is 32.1 Å². The molecule has 2 aromatic carbocycles. The normalized spacial score (nSPS) is 15.5. The average molecular weight is 394 g/mol. The SMILES string of the molecule is COc1ccc(C2Nc3ccccc3C(=O)N2Cc2ccco2)c(OC)c1OC. The Morgan fingerprint density at radius 3 is 2.45 bits per heavy atom. The molecule has 7 heteroatoms. The van der Waals surface area contributed by atoms with Gasteiger partial charge in [0.15, 0.2) is 11.5 Å². The molecule has 1 aliphatic heterocycles. The minimum atomic E-state index is -0.489. The fraction of sp³-hybridized carbons (Fsp3) is 0.227. The van der Waals surface area contributed by atoms with Crippen LogP contribution in [0.2, 0.25) is 0 Å². The zero-order chi connectivity index (χ0) is 20.4. The number of benzene rings is 2. The van der Waals surface area contributed by atoms with Crippen LogP contribution in [0.4, 0.5) is 5.69 Å². The van der Waals surface area contributed by atoms with Crippen LogP contribution in [0.15, 0.2) is 59.2 Å². The van der Waals surface area contributed by atoms with Crippen molar-refractivity contribution in [3.63, 3.8) is 0 Å². The van der Waals surface area contributed by atoms with Crippen molar-refractivity contribution in [2.45, 2.75) is 12.7 Å². The molecule has 29 heavy (non-hydrogen) atoms. The van der Waals surface area contributed by atoms with Crippen LogP contribution in [0.25, 0.3) is 0 Å². The molecule has 4 rings (SSSR count). The second kappa shape index (κ2) is 7.79. The van der Waals surface area contributed by atoms with Crippen LogP contribution in [0.5, 0.6) is 17.2 Å². The van der Waals surface area contributed by atoms with Gasteiger partial charge in [0.25, 0.3) is 5.91 Å². The highest BCUT2D eigenvalue weighted by Gasteiger charge is 2.36. The van der Waals surface area contributed by atoms with Gasteiger partial charge in [-0.1, -0.05) is 12.1 Å². The number of nitrogens with zero attached hydrogens (tertiary/aromatic N) is 1. The van der Waals surface area contributed by atoms with Gasteiger partial charge in [0, 0.05) is 11.3 Å². The van der Waals surface area contributed by atoms with Gasteiger partial charge >= 0.3 is 0 Å². The third-order valence-electron chi connectivity index (χ3n) is 4.96. The third-order valence-corrected chi connectivity index (χ3v) is 4.96. The topological polar surface area (TPSA) is 73.2 Å². The minimum absolute atomic E-state index is 0.0995. The number of methoxy groups -OCH3 is 3. The molecule has 7 nitrogen and oxygen atoms in total. The largest absolute Gasteiger partial charge is 0.493 e. The lowest BCUT2D eigenvalue weighted by Gasteiger charge is -2.38. The Morgan fingerprint density at radius 1 is 0.966 bits per heavy atom. The number of fused-ring (bicyclic) bond motifs is 1. The molecule has 1 aromatic heterocycles. The van der Waals surface area contributed by atoms with E-state index >= 15 is 0 Å². The summed E-state index contributed by atoms with van der Waals surface area (Å²) in [4.78, 5) is 15.1. The van der Waals surface area contributed by atoms with Crippen molar-refractivity contribution < 1.29 is 23.4 Å².